The predicted molar refractivity (Wildman–Crippen MR) is 148 cm³/mol. The zero-order chi connectivity index (χ0) is 27.6. The van der Waals surface area contributed by atoms with E-state index in [2.05, 4.69) is 15.3 Å². The first-order valence-corrected chi connectivity index (χ1v) is 12.1. The highest BCUT2D eigenvalue weighted by molar-refractivity contribution is 6.04. The number of anilines is 2. The lowest BCUT2D eigenvalue weighted by Gasteiger charge is -2.10. The number of fused-ring (bicyclic) bond motifs is 1. The van der Waals surface area contributed by atoms with Gasteiger partial charge < -0.3 is 20.2 Å². The average Bonchev–Trinajstić information content (AvgIpc) is 3.40. The predicted octanol–water partition coefficient (Wildman–Crippen LogP) is 5.81. The number of nitrogen functional groups attached to an aromatic ring is 1. The van der Waals surface area contributed by atoms with Crippen LogP contribution in [0.2, 0.25) is 0 Å². The number of furan rings is 1. The fourth-order valence-corrected chi connectivity index (χ4v) is 4.23. The van der Waals surface area contributed by atoms with Gasteiger partial charge in [0.25, 0.3) is 11.5 Å². The van der Waals surface area contributed by atoms with Gasteiger partial charge in [-0.25, -0.2) is 14.4 Å². The molecule has 0 atom stereocenters. The van der Waals surface area contributed by atoms with Gasteiger partial charge in [0.15, 0.2) is 0 Å². The van der Waals surface area contributed by atoms with Gasteiger partial charge in [0.05, 0.1) is 0 Å². The van der Waals surface area contributed by atoms with Crippen molar-refractivity contribution >= 4 is 28.4 Å². The average molecular weight is 534 g/mol. The van der Waals surface area contributed by atoms with Crippen molar-refractivity contribution in [2.75, 3.05) is 11.1 Å². The third kappa shape index (κ3) is 4.76. The maximum absolute atomic E-state index is 13.3. The van der Waals surface area contributed by atoms with E-state index in [1.807, 2.05) is 18.2 Å². The Morgan fingerprint density at radius 2 is 1.77 bits per heavy atom. The Kier molecular flexibility index (Phi) is 6.25. The van der Waals surface area contributed by atoms with E-state index < -0.39 is 17.3 Å². The molecule has 40 heavy (non-hydrogen) atoms. The first-order chi connectivity index (χ1) is 19.5. The summed E-state index contributed by atoms with van der Waals surface area (Å²) < 4.78 is 26.2. The molecule has 0 aliphatic rings. The molecule has 0 unspecified atom stereocenters. The lowest BCUT2D eigenvalue weighted by Crippen LogP contribution is -2.27. The van der Waals surface area contributed by atoms with Crippen molar-refractivity contribution < 1.29 is 18.3 Å². The number of hydrogen-bond donors (Lipinski definition) is 2. The Morgan fingerprint density at radius 3 is 2.55 bits per heavy atom. The van der Waals surface area contributed by atoms with Crippen molar-refractivity contribution in [2.45, 2.75) is 0 Å². The molecule has 3 N–H and O–H groups in total. The molecule has 0 spiro atoms. The van der Waals surface area contributed by atoms with E-state index in [4.69, 9.17) is 14.9 Å². The second kappa shape index (κ2) is 10.2. The van der Waals surface area contributed by atoms with Gasteiger partial charge in [0.1, 0.15) is 35.1 Å². The molecule has 0 aliphatic carbocycles. The van der Waals surface area contributed by atoms with E-state index in [0.29, 0.717) is 39.8 Å². The molecule has 0 saturated carbocycles. The number of ether oxygens (including phenoxy) is 1. The van der Waals surface area contributed by atoms with Crippen LogP contribution < -0.4 is 21.3 Å². The van der Waals surface area contributed by atoms with Crippen molar-refractivity contribution in [3.05, 3.63) is 125 Å². The topological polar surface area (TPSA) is 125 Å². The van der Waals surface area contributed by atoms with Crippen LogP contribution in [0.25, 0.3) is 27.9 Å². The summed E-state index contributed by atoms with van der Waals surface area (Å²) in [6.45, 7) is 0. The molecule has 1 amide bonds. The van der Waals surface area contributed by atoms with Crippen LogP contribution in [0.3, 0.4) is 0 Å². The first kappa shape index (κ1) is 24.6. The van der Waals surface area contributed by atoms with Crippen LogP contribution in [0.1, 0.15) is 10.4 Å². The number of benzene rings is 3. The van der Waals surface area contributed by atoms with Crippen LogP contribution in [0, 0.1) is 5.82 Å². The smallest absolute Gasteiger partial charge is 0.267 e. The lowest BCUT2D eigenvalue weighted by atomic mass is 10.1. The SMILES string of the molecule is Nc1cccc(-c2coc3ncnc(Oc4ccc(NC(=O)c5cccn(-c6ccc(F)cc6)c5=O)cc4)c23)c1. The van der Waals surface area contributed by atoms with Gasteiger partial charge in [-0.3, -0.25) is 14.2 Å². The van der Waals surface area contributed by atoms with Crippen molar-refractivity contribution in [2.24, 2.45) is 0 Å². The molecule has 3 aromatic heterocycles. The largest absolute Gasteiger partial charge is 0.445 e. The van der Waals surface area contributed by atoms with Gasteiger partial charge in [0.2, 0.25) is 11.6 Å². The summed E-state index contributed by atoms with van der Waals surface area (Å²) in [5.74, 6) is -0.263. The quantitative estimate of drug-likeness (QED) is 0.259. The molecule has 196 valence electrons. The second-order valence-electron chi connectivity index (χ2n) is 8.79. The minimum Gasteiger partial charge on any atom is -0.445 e. The van der Waals surface area contributed by atoms with Gasteiger partial charge in [-0.2, -0.15) is 0 Å². The number of pyridine rings is 1. The number of aromatic nitrogens is 3. The number of nitrogens with two attached hydrogens (primary N) is 1. The minimum atomic E-state index is -0.585. The number of amides is 1. The van der Waals surface area contributed by atoms with Crippen LogP contribution in [0.15, 0.2) is 113 Å². The van der Waals surface area contributed by atoms with Crippen molar-refractivity contribution in [1.29, 1.82) is 0 Å². The number of hydrogen-bond acceptors (Lipinski definition) is 7. The van der Waals surface area contributed by atoms with Crippen molar-refractivity contribution in [3.63, 3.8) is 0 Å². The summed E-state index contributed by atoms with van der Waals surface area (Å²) >= 11 is 0. The summed E-state index contributed by atoms with van der Waals surface area (Å²) in [4.78, 5) is 34.3. The number of nitrogens with zero attached hydrogens (tertiary/aromatic N) is 3. The Hall–Kier alpha value is -5.77. The van der Waals surface area contributed by atoms with Gasteiger partial charge in [-0.15, -0.1) is 0 Å². The van der Waals surface area contributed by atoms with Gasteiger partial charge >= 0.3 is 0 Å². The lowest BCUT2D eigenvalue weighted by molar-refractivity contribution is 0.102. The normalized spacial score (nSPS) is 10.9. The van der Waals surface area contributed by atoms with E-state index in [9.17, 15) is 14.0 Å². The number of nitrogens with one attached hydrogen (secondary N) is 1. The summed E-state index contributed by atoms with van der Waals surface area (Å²) in [6.07, 6.45) is 4.44. The molecule has 10 heteroatoms. The Morgan fingerprint density at radius 1 is 0.975 bits per heavy atom. The molecular formula is C30H20FN5O4. The highest BCUT2D eigenvalue weighted by Gasteiger charge is 2.17. The minimum absolute atomic E-state index is 0.0652. The van der Waals surface area contributed by atoms with Gasteiger partial charge in [-0.05, 0) is 78.4 Å². The summed E-state index contributed by atoms with van der Waals surface area (Å²) in [6, 6.07) is 22.4. The highest BCUT2D eigenvalue weighted by atomic mass is 19.1. The fraction of sp³-hybridized carbons (Fsp3) is 0. The molecule has 6 aromatic rings. The van der Waals surface area contributed by atoms with Gasteiger partial charge in [-0.1, -0.05) is 12.1 Å². The third-order valence-corrected chi connectivity index (χ3v) is 6.16. The fourth-order valence-electron chi connectivity index (χ4n) is 4.23. The molecule has 0 bridgehead atoms. The summed E-state index contributed by atoms with van der Waals surface area (Å²) in [5, 5.41) is 3.31. The number of carbonyl (C=O) groups excluding carboxylic acids is 1. The zero-order valence-corrected chi connectivity index (χ0v) is 20.7. The molecular weight excluding hydrogens is 513 g/mol. The molecule has 0 radical (unpaired) electrons. The van der Waals surface area contributed by atoms with Gasteiger partial charge in [0, 0.05) is 28.8 Å². The Balaban J connectivity index is 1.22. The van der Waals surface area contributed by atoms with E-state index in [1.54, 1.807) is 42.7 Å². The summed E-state index contributed by atoms with van der Waals surface area (Å²) in [7, 11) is 0. The monoisotopic (exact) mass is 533 g/mol. The molecule has 0 fully saturated rings. The van der Waals surface area contributed by atoms with Crippen LogP contribution in [-0.2, 0) is 0 Å². The maximum atomic E-state index is 13.3. The molecule has 9 nitrogen and oxygen atoms in total. The van der Waals surface area contributed by atoms with E-state index >= 15 is 0 Å². The summed E-state index contributed by atoms with van der Waals surface area (Å²) in [5.41, 5.74) is 8.77. The third-order valence-electron chi connectivity index (χ3n) is 6.16. The number of halogens is 1. The van der Waals surface area contributed by atoms with Crippen LogP contribution in [0.5, 0.6) is 11.6 Å². The van der Waals surface area contributed by atoms with Crippen molar-refractivity contribution in [3.8, 4) is 28.4 Å². The number of carbonyl (C=O) groups is 1. The molecule has 0 aliphatic heterocycles. The number of rotatable bonds is 6. The molecule has 3 heterocycles. The first-order valence-electron chi connectivity index (χ1n) is 12.1. The molecule has 3 aromatic carbocycles. The van der Waals surface area contributed by atoms with E-state index in [1.165, 1.54) is 47.4 Å². The van der Waals surface area contributed by atoms with E-state index in [0.717, 1.165) is 11.1 Å². The highest BCUT2D eigenvalue weighted by Crippen LogP contribution is 2.37. The molecule has 0 saturated heterocycles. The maximum Gasteiger partial charge on any atom is 0.267 e. The van der Waals surface area contributed by atoms with Crippen LogP contribution in [-0.4, -0.2) is 20.4 Å². The standard InChI is InChI=1S/C30H20FN5O4/c31-19-6-10-22(11-7-19)36-14-2-5-24(30(36)38)27(37)35-21-8-12-23(13-9-21)40-29-26-25(16-39-28(26)33-17-34-29)18-3-1-4-20(32)15-18/h1-17H,32H2,(H,35,37). The Labute approximate surface area is 226 Å². The van der Waals surface area contributed by atoms with Crippen LogP contribution >= 0.6 is 0 Å². The Bertz CT molecular complexity index is 1910. The van der Waals surface area contributed by atoms with Crippen LogP contribution in [0.4, 0.5) is 15.8 Å². The molecule has 6 rings (SSSR count). The second-order valence-corrected chi connectivity index (χ2v) is 8.79. The van der Waals surface area contributed by atoms with Crippen molar-refractivity contribution in [1.82, 2.24) is 14.5 Å². The van der Waals surface area contributed by atoms with E-state index in [-0.39, 0.29) is 5.56 Å². The zero-order valence-electron chi connectivity index (χ0n) is 20.7.